The maximum Gasteiger partial charge on any atom is 0.338 e. The quantitative estimate of drug-likeness (QED) is 0.840. The van der Waals surface area contributed by atoms with Crippen LogP contribution in [0.1, 0.15) is 34.3 Å². The normalized spacial score (nSPS) is 17.5. The SMILES string of the molecule is Cc1ccc(C)c(C(=O)OCC(=O)NC[C@H]2CCCO2)c1. The van der Waals surface area contributed by atoms with E-state index in [1.807, 2.05) is 26.0 Å². The molecule has 0 unspecified atom stereocenters. The number of nitrogens with one attached hydrogen (secondary N) is 1. The van der Waals surface area contributed by atoms with Crippen molar-refractivity contribution in [3.05, 3.63) is 34.9 Å². The maximum atomic E-state index is 12.0. The molecular weight excluding hydrogens is 270 g/mol. The third-order valence-electron chi connectivity index (χ3n) is 3.50. The van der Waals surface area contributed by atoms with Crippen molar-refractivity contribution in [3.63, 3.8) is 0 Å². The molecule has 1 aliphatic heterocycles. The lowest BCUT2D eigenvalue weighted by molar-refractivity contribution is -0.124. The highest BCUT2D eigenvalue weighted by atomic mass is 16.5. The van der Waals surface area contributed by atoms with E-state index < -0.39 is 5.97 Å². The number of ether oxygens (including phenoxy) is 2. The number of carbonyl (C=O) groups is 2. The number of rotatable bonds is 5. The van der Waals surface area contributed by atoms with Crippen molar-refractivity contribution in [2.75, 3.05) is 19.8 Å². The van der Waals surface area contributed by atoms with Crippen LogP contribution in [0, 0.1) is 13.8 Å². The summed E-state index contributed by atoms with van der Waals surface area (Å²) in [6.45, 7) is 4.71. The fourth-order valence-corrected chi connectivity index (χ4v) is 2.25. The zero-order chi connectivity index (χ0) is 15.2. The number of carbonyl (C=O) groups excluding carboxylic acids is 2. The first-order valence-corrected chi connectivity index (χ1v) is 7.19. The van der Waals surface area contributed by atoms with E-state index in [0.717, 1.165) is 30.6 Å². The number of amides is 1. The first-order chi connectivity index (χ1) is 10.1. The van der Waals surface area contributed by atoms with Crippen molar-refractivity contribution in [2.24, 2.45) is 0 Å². The van der Waals surface area contributed by atoms with Gasteiger partial charge in [-0.3, -0.25) is 4.79 Å². The van der Waals surface area contributed by atoms with Gasteiger partial charge in [0.1, 0.15) is 0 Å². The molecule has 114 valence electrons. The average molecular weight is 291 g/mol. The van der Waals surface area contributed by atoms with Gasteiger partial charge in [-0.15, -0.1) is 0 Å². The smallest absolute Gasteiger partial charge is 0.338 e. The summed E-state index contributed by atoms with van der Waals surface area (Å²) in [7, 11) is 0. The summed E-state index contributed by atoms with van der Waals surface area (Å²) in [5.74, 6) is -0.771. The molecule has 1 amide bonds. The lowest BCUT2D eigenvalue weighted by Crippen LogP contribution is -2.34. The Bertz CT molecular complexity index is 521. The highest BCUT2D eigenvalue weighted by Crippen LogP contribution is 2.12. The zero-order valence-corrected chi connectivity index (χ0v) is 12.5. The first-order valence-electron chi connectivity index (χ1n) is 7.19. The van der Waals surface area contributed by atoms with E-state index in [-0.39, 0.29) is 18.6 Å². The monoisotopic (exact) mass is 291 g/mol. The van der Waals surface area contributed by atoms with Crippen LogP contribution in [-0.2, 0) is 14.3 Å². The summed E-state index contributed by atoms with van der Waals surface area (Å²) in [4.78, 5) is 23.6. The largest absolute Gasteiger partial charge is 0.452 e. The van der Waals surface area contributed by atoms with Gasteiger partial charge in [0.25, 0.3) is 5.91 Å². The Morgan fingerprint density at radius 1 is 1.38 bits per heavy atom. The van der Waals surface area contributed by atoms with Crippen molar-refractivity contribution >= 4 is 11.9 Å². The van der Waals surface area contributed by atoms with Gasteiger partial charge in [-0.1, -0.05) is 17.7 Å². The second-order valence-corrected chi connectivity index (χ2v) is 5.33. The average Bonchev–Trinajstić information content (AvgIpc) is 2.98. The number of hydrogen-bond donors (Lipinski definition) is 1. The number of benzene rings is 1. The molecule has 0 bridgehead atoms. The molecule has 1 fully saturated rings. The van der Waals surface area contributed by atoms with Gasteiger partial charge < -0.3 is 14.8 Å². The van der Waals surface area contributed by atoms with Crippen LogP contribution in [0.3, 0.4) is 0 Å². The third kappa shape index (κ3) is 4.56. The van der Waals surface area contributed by atoms with Gasteiger partial charge in [0.05, 0.1) is 11.7 Å². The highest BCUT2D eigenvalue weighted by Gasteiger charge is 2.17. The van der Waals surface area contributed by atoms with Crippen LogP contribution in [0.15, 0.2) is 18.2 Å². The van der Waals surface area contributed by atoms with E-state index in [1.54, 1.807) is 6.07 Å². The van der Waals surface area contributed by atoms with Crippen LogP contribution >= 0.6 is 0 Å². The number of esters is 1. The molecular formula is C16H21NO4. The van der Waals surface area contributed by atoms with Gasteiger partial charge in [-0.25, -0.2) is 4.79 Å². The minimum atomic E-state index is -0.469. The Morgan fingerprint density at radius 2 is 2.19 bits per heavy atom. The van der Waals surface area contributed by atoms with E-state index in [0.29, 0.717) is 12.1 Å². The van der Waals surface area contributed by atoms with Crippen molar-refractivity contribution < 1.29 is 19.1 Å². The van der Waals surface area contributed by atoms with Gasteiger partial charge in [0.15, 0.2) is 6.61 Å². The molecule has 2 rings (SSSR count). The molecule has 1 aliphatic rings. The molecule has 1 heterocycles. The lowest BCUT2D eigenvalue weighted by atomic mass is 10.1. The number of aryl methyl sites for hydroxylation is 2. The molecule has 0 spiro atoms. The molecule has 1 saturated heterocycles. The Labute approximate surface area is 124 Å². The Balaban J connectivity index is 1.77. The van der Waals surface area contributed by atoms with Crippen molar-refractivity contribution in [3.8, 4) is 0 Å². The molecule has 5 nitrogen and oxygen atoms in total. The van der Waals surface area contributed by atoms with Crippen molar-refractivity contribution in [2.45, 2.75) is 32.8 Å². The van der Waals surface area contributed by atoms with Gasteiger partial charge in [-0.05, 0) is 38.3 Å². The van der Waals surface area contributed by atoms with Crippen LogP contribution in [0.4, 0.5) is 0 Å². The molecule has 21 heavy (non-hydrogen) atoms. The predicted molar refractivity (Wildman–Crippen MR) is 78.2 cm³/mol. The predicted octanol–water partition coefficient (Wildman–Crippen LogP) is 1.76. The van der Waals surface area contributed by atoms with E-state index in [9.17, 15) is 9.59 Å². The summed E-state index contributed by atoms with van der Waals surface area (Å²) >= 11 is 0. The van der Waals surface area contributed by atoms with Crippen LogP contribution in [0.2, 0.25) is 0 Å². The van der Waals surface area contributed by atoms with Crippen LogP contribution in [-0.4, -0.2) is 37.7 Å². The second-order valence-electron chi connectivity index (χ2n) is 5.33. The van der Waals surface area contributed by atoms with E-state index in [4.69, 9.17) is 9.47 Å². The minimum Gasteiger partial charge on any atom is -0.452 e. The van der Waals surface area contributed by atoms with E-state index in [1.165, 1.54) is 0 Å². The minimum absolute atomic E-state index is 0.0867. The van der Waals surface area contributed by atoms with Crippen molar-refractivity contribution in [1.82, 2.24) is 5.32 Å². The molecule has 1 atom stereocenters. The van der Waals surface area contributed by atoms with Crippen LogP contribution in [0.5, 0.6) is 0 Å². The molecule has 0 aliphatic carbocycles. The molecule has 5 heteroatoms. The molecule has 0 aromatic heterocycles. The number of hydrogen-bond acceptors (Lipinski definition) is 4. The van der Waals surface area contributed by atoms with Crippen LogP contribution in [0.25, 0.3) is 0 Å². The third-order valence-corrected chi connectivity index (χ3v) is 3.50. The van der Waals surface area contributed by atoms with Crippen LogP contribution < -0.4 is 5.32 Å². The van der Waals surface area contributed by atoms with Gasteiger partial charge >= 0.3 is 5.97 Å². The second kappa shape index (κ2) is 7.22. The van der Waals surface area contributed by atoms with E-state index in [2.05, 4.69) is 5.32 Å². The summed E-state index contributed by atoms with van der Waals surface area (Å²) in [6.07, 6.45) is 2.08. The van der Waals surface area contributed by atoms with E-state index >= 15 is 0 Å². The zero-order valence-electron chi connectivity index (χ0n) is 12.5. The first kappa shape index (κ1) is 15.5. The standard InChI is InChI=1S/C16H21NO4/c1-11-5-6-12(2)14(8-11)16(19)21-10-15(18)17-9-13-4-3-7-20-13/h5-6,8,13H,3-4,7,9-10H2,1-2H3,(H,17,18)/t13-/m1/s1. The topological polar surface area (TPSA) is 64.6 Å². The molecule has 1 aromatic rings. The Morgan fingerprint density at radius 3 is 2.90 bits per heavy atom. The maximum absolute atomic E-state index is 12.0. The summed E-state index contributed by atoms with van der Waals surface area (Å²) < 4.78 is 10.5. The van der Waals surface area contributed by atoms with Crippen molar-refractivity contribution in [1.29, 1.82) is 0 Å². The Hall–Kier alpha value is -1.88. The molecule has 1 aromatic carbocycles. The molecule has 1 N–H and O–H groups in total. The fourth-order valence-electron chi connectivity index (χ4n) is 2.25. The summed E-state index contributed by atoms with van der Waals surface area (Å²) in [6, 6.07) is 5.56. The molecule has 0 radical (unpaired) electrons. The molecule has 0 saturated carbocycles. The lowest BCUT2D eigenvalue weighted by Gasteiger charge is -2.11. The van der Waals surface area contributed by atoms with Gasteiger partial charge in [-0.2, -0.15) is 0 Å². The fraction of sp³-hybridized carbons (Fsp3) is 0.500. The van der Waals surface area contributed by atoms with Gasteiger partial charge in [0.2, 0.25) is 0 Å². The summed E-state index contributed by atoms with van der Waals surface area (Å²) in [5.41, 5.74) is 2.32. The Kier molecular flexibility index (Phi) is 5.33. The van der Waals surface area contributed by atoms with Gasteiger partial charge in [0, 0.05) is 13.2 Å². The highest BCUT2D eigenvalue weighted by molar-refractivity contribution is 5.92. The summed E-state index contributed by atoms with van der Waals surface area (Å²) in [5, 5.41) is 2.72.